The molecule has 0 bridgehead atoms. The van der Waals surface area contributed by atoms with Gasteiger partial charge in [0.2, 0.25) is 10.0 Å². The summed E-state index contributed by atoms with van der Waals surface area (Å²) in [6, 6.07) is 15.7. The van der Waals surface area contributed by atoms with E-state index in [0.717, 1.165) is 5.56 Å². The van der Waals surface area contributed by atoms with Gasteiger partial charge in [0, 0.05) is 10.0 Å². The smallest absolute Gasteiger partial charge is 0.345 e. The van der Waals surface area contributed by atoms with E-state index >= 15 is 0 Å². The predicted octanol–water partition coefficient (Wildman–Crippen LogP) is 5.18. The maximum Gasteiger partial charge on any atom is 0.345 e. The summed E-state index contributed by atoms with van der Waals surface area (Å²) in [5.74, 6) is -0.403. The molecule has 0 amide bonds. The Kier molecular flexibility index (Phi) is 6.01. The zero-order valence-corrected chi connectivity index (χ0v) is 19.0. The summed E-state index contributed by atoms with van der Waals surface area (Å²) in [7, 11) is -4.12. The second-order valence-electron chi connectivity index (χ2n) is 7.18. The van der Waals surface area contributed by atoms with Crippen LogP contribution < -0.4 is 10.3 Å². The highest BCUT2D eigenvalue weighted by molar-refractivity contribution is 7.89. The van der Waals surface area contributed by atoms with Gasteiger partial charge in [0.15, 0.2) is 0 Å². The van der Waals surface area contributed by atoms with Gasteiger partial charge in [-0.15, -0.1) is 0 Å². The highest BCUT2D eigenvalue weighted by atomic mass is 35.5. The summed E-state index contributed by atoms with van der Waals surface area (Å²) in [4.78, 5) is 12.9. The lowest BCUT2D eigenvalue weighted by Gasteiger charge is -2.21. The normalized spacial score (nSPS) is 12.7. The molecule has 0 saturated heterocycles. The third kappa shape index (κ3) is 4.25. The van der Waals surface area contributed by atoms with Crippen molar-refractivity contribution in [2.45, 2.75) is 17.9 Å². The number of halogens is 2. The second kappa shape index (κ2) is 8.60. The summed E-state index contributed by atoms with van der Waals surface area (Å²) in [5.41, 5.74) is 0.0900. The van der Waals surface area contributed by atoms with Crippen molar-refractivity contribution in [3.8, 4) is 5.75 Å². The van der Waals surface area contributed by atoms with Crippen molar-refractivity contribution < 1.29 is 17.9 Å². The molecule has 0 saturated carbocycles. The minimum Gasteiger partial charge on any atom is -0.507 e. The molecule has 1 heterocycles. The van der Waals surface area contributed by atoms with Crippen molar-refractivity contribution in [2.24, 2.45) is 0 Å². The van der Waals surface area contributed by atoms with Gasteiger partial charge in [-0.25, -0.2) is 13.2 Å². The molecule has 0 spiro atoms. The molecule has 4 rings (SSSR count). The fourth-order valence-electron chi connectivity index (χ4n) is 3.36. The third-order valence-electron chi connectivity index (χ3n) is 4.99. The van der Waals surface area contributed by atoms with Crippen molar-refractivity contribution in [1.29, 1.82) is 0 Å². The molecule has 0 aliphatic rings. The molecule has 9 heteroatoms. The summed E-state index contributed by atoms with van der Waals surface area (Å²) >= 11 is 12.4. The van der Waals surface area contributed by atoms with E-state index in [1.54, 1.807) is 30.3 Å². The molecule has 6 nitrogen and oxygen atoms in total. The molecule has 1 aromatic heterocycles. The molecule has 3 aromatic carbocycles. The third-order valence-corrected chi connectivity index (χ3v) is 6.99. The number of para-hydroxylation sites is 1. The van der Waals surface area contributed by atoms with Crippen LogP contribution in [0.15, 0.2) is 80.8 Å². The predicted molar refractivity (Wildman–Crippen MR) is 124 cm³/mol. The first-order valence-corrected chi connectivity index (χ1v) is 11.7. The van der Waals surface area contributed by atoms with E-state index in [4.69, 9.17) is 27.6 Å². The van der Waals surface area contributed by atoms with Crippen LogP contribution >= 0.6 is 23.2 Å². The van der Waals surface area contributed by atoms with E-state index in [1.165, 1.54) is 36.4 Å². The quantitative estimate of drug-likeness (QED) is 0.376. The standard InChI is InChI=1S/C23H17Cl2NO5S/c1-13-6-9-15(10-7-13)32(29,30)26-21(16-11-8-14(24)12-18(16)25)20-22(27)17-4-2-3-5-19(17)31-23(20)28/h2-12,21,26-27H,1H3. The van der Waals surface area contributed by atoms with Crippen molar-refractivity contribution >= 4 is 44.2 Å². The van der Waals surface area contributed by atoms with Crippen molar-refractivity contribution in [3.63, 3.8) is 0 Å². The van der Waals surface area contributed by atoms with Gasteiger partial charge in [0.05, 0.1) is 16.3 Å². The van der Waals surface area contributed by atoms with E-state index in [0.29, 0.717) is 5.02 Å². The monoisotopic (exact) mass is 489 g/mol. The average Bonchev–Trinajstić information content (AvgIpc) is 2.73. The summed E-state index contributed by atoms with van der Waals surface area (Å²) in [6.07, 6.45) is 0. The Balaban J connectivity index is 1.94. The SMILES string of the molecule is Cc1ccc(S(=O)(=O)NC(c2ccc(Cl)cc2Cl)c2c(O)c3ccccc3oc2=O)cc1. The van der Waals surface area contributed by atoms with Crippen molar-refractivity contribution in [1.82, 2.24) is 4.72 Å². The Morgan fingerprint density at radius 2 is 1.69 bits per heavy atom. The van der Waals surface area contributed by atoms with Gasteiger partial charge in [0.25, 0.3) is 0 Å². The van der Waals surface area contributed by atoms with Crippen molar-refractivity contribution in [3.05, 3.63) is 104 Å². The molecule has 0 aliphatic heterocycles. The van der Waals surface area contributed by atoms with Crippen LogP contribution in [-0.2, 0) is 10.0 Å². The summed E-state index contributed by atoms with van der Waals surface area (Å²) in [6.45, 7) is 1.83. The zero-order chi connectivity index (χ0) is 23.0. The Bertz CT molecular complexity index is 1480. The number of aryl methyl sites for hydroxylation is 1. The molecular formula is C23H17Cl2NO5S. The fraction of sp³-hybridized carbons (Fsp3) is 0.0870. The number of fused-ring (bicyclic) bond motifs is 1. The molecule has 4 aromatic rings. The second-order valence-corrected chi connectivity index (χ2v) is 9.74. The maximum atomic E-state index is 13.2. The van der Waals surface area contributed by atoms with E-state index < -0.39 is 27.4 Å². The van der Waals surface area contributed by atoms with E-state index in [9.17, 15) is 18.3 Å². The van der Waals surface area contributed by atoms with E-state index in [-0.39, 0.29) is 32.0 Å². The lowest BCUT2D eigenvalue weighted by atomic mass is 9.99. The van der Waals surface area contributed by atoms with Gasteiger partial charge in [-0.05, 0) is 48.9 Å². The first-order chi connectivity index (χ1) is 15.2. The van der Waals surface area contributed by atoms with Crippen LogP contribution in [0.5, 0.6) is 5.75 Å². The Morgan fingerprint density at radius 3 is 2.38 bits per heavy atom. The molecule has 0 aliphatic carbocycles. The molecule has 0 radical (unpaired) electrons. The Labute approximate surface area is 194 Å². The van der Waals surface area contributed by atoms with E-state index in [1.807, 2.05) is 6.92 Å². The minimum atomic E-state index is -4.12. The molecule has 1 unspecified atom stereocenters. The van der Waals surface area contributed by atoms with Crippen LogP contribution in [0.2, 0.25) is 10.0 Å². The Hall–Kier alpha value is -2.84. The molecule has 32 heavy (non-hydrogen) atoms. The molecule has 2 N–H and O–H groups in total. The van der Waals surface area contributed by atoms with Gasteiger partial charge in [-0.2, -0.15) is 4.72 Å². The fourth-order valence-corrected chi connectivity index (χ4v) is 5.06. The molecule has 0 fully saturated rings. The van der Waals surface area contributed by atoms with Crippen LogP contribution in [0.25, 0.3) is 11.0 Å². The number of nitrogens with one attached hydrogen (secondary N) is 1. The van der Waals surface area contributed by atoms with Crippen LogP contribution in [0.4, 0.5) is 0 Å². The number of aromatic hydroxyl groups is 1. The highest BCUT2D eigenvalue weighted by Gasteiger charge is 2.31. The first kappa shape index (κ1) is 22.4. The summed E-state index contributed by atoms with van der Waals surface area (Å²) < 4.78 is 34.2. The number of sulfonamides is 1. The van der Waals surface area contributed by atoms with Crippen LogP contribution in [0.1, 0.15) is 22.7 Å². The summed E-state index contributed by atoms with van der Waals surface area (Å²) in [5, 5.41) is 11.6. The highest BCUT2D eigenvalue weighted by Crippen LogP contribution is 2.37. The van der Waals surface area contributed by atoms with Gasteiger partial charge in [-0.3, -0.25) is 0 Å². The molecular weight excluding hydrogens is 473 g/mol. The number of rotatable bonds is 5. The Morgan fingerprint density at radius 1 is 1.00 bits per heavy atom. The molecule has 164 valence electrons. The molecule has 1 atom stereocenters. The van der Waals surface area contributed by atoms with E-state index in [2.05, 4.69) is 4.72 Å². The minimum absolute atomic E-state index is 0.0112. The van der Waals surface area contributed by atoms with Crippen molar-refractivity contribution in [2.75, 3.05) is 0 Å². The zero-order valence-electron chi connectivity index (χ0n) is 16.7. The van der Waals surface area contributed by atoms with Gasteiger partial charge < -0.3 is 9.52 Å². The maximum absolute atomic E-state index is 13.2. The number of hydrogen-bond acceptors (Lipinski definition) is 5. The lowest BCUT2D eigenvalue weighted by molar-refractivity contribution is 0.448. The topological polar surface area (TPSA) is 96.6 Å². The van der Waals surface area contributed by atoms with Crippen LogP contribution in [-0.4, -0.2) is 13.5 Å². The number of hydrogen-bond donors (Lipinski definition) is 2. The lowest BCUT2D eigenvalue weighted by Crippen LogP contribution is -2.32. The van der Waals surface area contributed by atoms with Crippen LogP contribution in [0, 0.1) is 6.92 Å². The van der Waals surface area contributed by atoms with Crippen LogP contribution in [0.3, 0.4) is 0 Å². The number of benzene rings is 3. The van der Waals surface area contributed by atoms with Gasteiger partial charge in [0.1, 0.15) is 16.9 Å². The average molecular weight is 490 g/mol. The largest absolute Gasteiger partial charge is 0.507 e. The first-order valence-electron chi connectivity index (χ1n) is 9.46. The van der Waals surface area contributed by atoms with Gasteiger partial charge in [-0.1, -0.05) is 59.1 Å². The van der Waals surface area contributed by atoms with Gasteiger partial charge >= 0.3 is 5.63 Å².